The number of nitrogens with one attached hydrogen (secondary N) is 1. The fraction of sp³-hybridized carbons (Fsp3) is 0.227. The Morgan fingerprint density at radius 1 is 1.18 bits per heavy atom. The van der Waals surface area contributed by atoms with Crippen LogP contribution in [0, 0.1) is 0 Å². The molecule has 0 radical (unpaired) electrons. The number of fused-ring (bicyclic) bond motifs is 1. The Bertz CT molecular complexity index is 1340. The molecule has 0 saturated heterocycles. The van der Waals surface area contributed by atoms with Crippen LogP contribution in [0.2, 0.25) is 0 Å². The van der Waals surface area contributed by atoms with Crippen LogP contribution in [0.25, 0.3) is 10.9 Å². The van der Waals surface area contributed by atoms with Crippen molar-refractivity contribution in [3.63, 3.8) is 0 Å². The first-order valence-electron chi connectivity index (χ1n) is 10.2. The van der Waals surface area contributed by atoms with E-state index in [2.05, 4.69) is 20.0 Å². The molecule has 0 atom stereocenters. The molecule has 0 aliphatic rings. The van der Waals surface area contributed by atoms with Crippen LogP contribution in [0.15, 0.2) is 61.3 Å². The Morgan fingerprint density at radius 2 is 1.91 bits per heavy atom. The highest BCUT2D eigenvalue weighted by molar-refractivity contribution is 7.81. The van der Waals surface area contributed by atoms with Gasteiger partial charge in [0.1, 0.15) is 12.7 Å². The molecular weight excluding hydrogens is 462 g/mol. The summed E-state index contributed by atoms with van der Waals surface area (Å²) in [6, 6.07) is 11.7. The standard InChI is InChI=1S/C15H19N5O4S.C7H6O2/c1-19(2)4-3-11-7-17-14-6-15(24-25(21,22)23)12(5-13(11)14)8-20-10-16-9-18-20;8-7(9)6-4-2-1-3-5-6/h5-7,9-10,17H,3-4,8H2,1-2H3,(H,21,22,23);1-5H,(H,8,9). The molecule has 0 aliphatic carbocycles. The van der Waals surface area contributed by atoms with Crippen LogP contribution in [0.5, 0.6) is 5.75 Å². The van der Waals surface area contributed by atoms with E-state index in [0.29, 0.717) is 11.1 Å². The van der Waals surface area contributed by atoms with E-state index in [1.807, 2.05) is 26.4 Å². The number of aromatic carboxylic acids is 1. The van der Waals surface area contributed by atoms with Crippen molar-refractivity contribution < 1.29 is 27.1 Å². The summed E-state index contributed by atoms with van der Waals surface area (Å²) in [6.07, 6.45) is 5.64. The number of aromatic nitrogens is 4. The summed E-state index contributed by atoms with van der Waals surface area (Å²) >= 11 is 0. The number of hydrogen-bond acceptors (Lipinski definition) is 7. The van der Waals surface area contributed by atoms with Gasteiger partial charge in [-0.1, -0.05) is 18.2 Å². The zero-order valence-corrected chi connectivity index (χ0v) is 19.4. The molecule has 0 fully saturated rings. The van der Waals surface area contributed by atoms with Crippen LogP contribution >= 0.6 is 0 Å². The van der Waals surface area contributed by atoms with Gasteiger partial charge in [0.05, 0.1) is 12.1 Å². The minimum atomic E-state index is -4.63. The molecule has 11 nitrogen and oxygen atoms in total. The monoisotopic (exact) mass is 487 g/mol. The maximum Gasteiger partial charge on any atom is 0.446 e. The maximum atomic E-state index is 11.2. The molecule has 0 amide bonds. The largest absolute Gasteiger partial charge is 0.478 e. The zero-order chi connectivity index (χ0) is 24.7. The molecular formula is C22H25N5O6S. The molecule has 0 unspecified atom stereocenters. The van der Waals surface area contributed by atoms with Crippen LogP contribution in [0.1, 0.15) is 21.5 Å². The van der Waals surface area contributed by atoms with E-state index in [1.165, 1.54) is 12.7 Å². The topological polar surface area (TPSA) is 151 Å². The molecule has 34 heavy (non-hydrogen) atoms. The first kappa shape index (κ1) is 24.9. The molecule has 12 heteroatoms. The number of H-pyrrole nitrogens is 1. The summed E-state index contributed by atoms with van der Waals surface area (Å²) < 4.78 is 37.6. The minimum Gasteiger partial charge on any atom is -0.478 e. The summed E-state index contributed by atoms with van der Waals surface area (Å²) in [5, 5.41) is 13.4. The van der Waals surface area contributed by atoms with E-state index < -0.39 is 16.4 Å². The van der Waals surface area contributed by atoms with Gasteiger partial charge in [-0.15, -0.1) is 0 Å². The number of hydrogen-bond donors (Lipinski definition) is 3. The number of benzene rings is 2. The second-order valence-electron chi connectivity index (χ2n) is 7.65. The lowest BCUT2D eigenvalue weighted by Crippen LogP contribution is -2.14. The van der Waals surface area contributed by atoms with Crippen LogP contribution in [-0.4, -0.2) is 69.3 Å². The summed E-state index contributed by atoms with van der Waals surface area (Å²) in [5.41, 5.74) is 2.75. The molecule has 2 heterocycles. The molecule has 4 aromatic rings. The van der Waals surface area contributed by atoms with Crippen LogP contribution in [-0.2, 0) is 23.4 Å². The summed E-state index contributed by atoms with van der Waals surface area (Å²) in [4.78, 5) is 19.3. The van der Waals surface area contributed by atoms with E-state index in [0.717, 1.165) is 29.4 Å². The molecule has 0 bridgehead atoms. The number of likely N-dealkylation sites (N-methyl/N-ethyl adjacent to an activating group) is 1. The second-order valence-corrected chi connectivity index (χ2v) is 8.67. The van der Waals surface area contributed by atoms with Crippen molar-refractivity contribution in [2.75, 3.05) is 20.6 Å². The van der Waals surface area contributed by atoms with Crippen molar-refractivity contribution in [1.29, 1.82) is 0 Å². The second kappa shape index (κ2) is 10.9. The lowest BCUT2D eigenvalue weighted by Gasteiger charge is -2.11. The summed E-state index contributed by atoms with van der Waals surface area (Å²) in [5.74, 6) is -0.831. The Balaban J connectivity index is 0.000000302. The number of nitrogens with zero attached hydrogens (tertiary/aromatic N) is 4. The highest BCUT2D eigenvalue weighted by Crippen LogP contribution is 2.29. The van der Waals surface area contributed by atoms with E-state index in [1.54, 1.807) is 41.1 Å². The third kappa shape index (κ3) is 7.13. The third-order valence-corrected chi connectivity index (χ3v) is 5.18. The van der Waals surface area contributed by atoms with E-state index in [-0.39, 0.29) is 12.3 Å². The number of aromatic amines is 1. The molecule has 3 N–H and O–H groups in total. The molecule has 0 saturated carbocycles. The van der Waals surface area contributed by atoms with Gasteiger partial charge in [-0.3, -0.25) is 4.55 Å². The highest BCUT2D eigenvalue weighted by Gasteiger charge is 2.16. The summed E-state index contributed by atoms with van der Waals surface area (Å²) in [6.45, 7) is 1.15. The third-order valence-electron chi connectivity index (χ3n) is 4.79. The molecule has 2 aromatic heterocycles. The van der Waals surface area contributed by atoms with Crippen molar-refractivity contribution in [3.05, 3.63) is 78.0 Å². The van der Waals surface area contributed by atoms with Gasteiger partial charge in [-0.25, -0.2) is 14.5 Å². The van der Waals surface area contributed by atoms with Gasteiger partial charge in [0.25, 0.3) is 0 Å². The fourth-order valence-corrected chi connectivity index (χ4v) is 3.57. The van der Waals surface area contributed by atoms with E-state index in [4.69, 9.17) is 13.8 Å². The number of carboxylic acid groups (broad SMARTS) is 1. The minimum absolute atomic E-state index is 0.0477. The van der Waals surface area contributed by atoms with Gasteiger partial charge in [-0.05, 0) is 44.3 Å². The first-order chi connectivity index (χ1) is 16.1. The predicted octanol–water partition coefficient (Wildman–Crippen LogP) is 2.48. The average Bonchev–Trinajstić information content (AvgIpc) is 3.42. The lowest BCUT2D eigenvalue weighted by atomic mass is 10.1. The van der Waals surface area contributed by atoms with Gasteiger partial charge in [-0.2, -0.15) is 13.5 Å². The van der Waals surface area contributed by atoms with Gasteiger partial charge >= 0.3 is 16.4 Å². The Labute approximate surface area is 196 Å². The van der Waals surface area contributed by atoms with E-state index >= 15 is 0 Å². The first-order valence-corrected chi connectivity index (χ1v) is 11.5. The van der Waals surface area contributed by atoms with Gasteiger partial charge in [0.2, 0.25) is 0 Å². The van der Waals surface area contributed by atoms with Crippen molar-refractivity contribution >= 4 is 27.3 Å². The van der Waals surface area contributed by atoms with E-state index in [9.17, 15) is 13.2 Å². The van der Waals surface area contributed by atoms with Gasteiger partial charge < -0.3 is 19.2 Å². The number of carboxylic acids is 1. The SMILES string of the molecule is CN(C)CCc1c[nH]c2cc(OS(=O)(=O)O)c(Cn3cncn3)cc12.O=C(O)c1ccccc1. The maximum absolute atomic E-state index is 11.2. The zero-order valence-electron chi connectivity index (χ0n) is 18.6. The Morgan fingerprint density at radius 3 is 2.47 bits per heavy atom. The lowest BCUT2D eigenvalue weighted by molar-refractivity contribution is 0.0697. The molecule has 0 spiro atoms. The molecule has 2 aromatic carbocycles. The van der Waals surface area contributed by atoms with Gasteiger partial charge in [0.15, 0.2) is 5.75 Å². The normalized spacial score (nSPS) is 11.3. The van der Waals surface area contributed by atoms with Crippen molar-refractivity contribution in [2.24, 2.45) is 0 Å². The highest BCUT2D eigenvalue weighted by atomic mass is 32.3. The number of rotatable bonds is 8. The predicted molar refractivity (Wildman–Crippen MR) is 125 cm³/mol. The Hall–Kier alpha value is -3.74. The Kier molecular flexibility index (Phi) is 7.99. The molecule has 180 valence electrons. The van der Waals surface area contributed by atoms with Crippen LogP contribution < -0.4 is 4.18 Å². The van der Waals surface area contributed by atoms with Crippen LogP contribution in [0.3, 0.4) is 0 Å². The molecule has 4 rings (SSSR count). The van der Waals surface area contributed by atoms with Crippen molar-refractivity contribution in [1.82, 2.24) is 24.6 Å². The van der Waals surface area contributed by atoms with Crippen molar-refractivity contribution in [2.45, 2.75) is 13.0 Å². The number of carbonyl (C=O) groups is 1. The quantitative estimate of drug-likeness (QED) is 0.318. The summed E-state index contributed by atoms with van der Waals surface area (Å²) in [7, 11) is -0.622. The average molecular weight is 488 g/mol. The molecule has 0 aliphatic heterocycles. The van der Waals surface area contributed by atoms with Crippen molar-refractivity contribution in [3.8, 4) is 5.75 Å². The van der Waals surface area contributed by atoms with Crippen LogP contribution in [0.4, 0.5) is 0 Å². The fourth-order valence-electron chi connectivity index (χ4n) is 3.19. The van der Waals surface area contributed by atoms with Gasteiger partial charge in [0, 0.05) is 35.3 Å². The smallest absolute Gasteiger partial charge is 0.446 e.